The summed E-state index contributed by atoms with van der Waals surface area (Å²) in [4.78, 5) is 0. The van der Waals surface area contributed by atoms with E-state index in [1.807, 2.05) is 0 Å². The van der Waals surface area contributed by atoms with Crippen LogP contribution in [0, 0.1) is 0 Å². The van der Waals surface area contributed by atoms with Gasteiger partial charge in [-0.25, -0.2) is 0 Å². The summed E-state index contributed by atoms with van der Waals surface area (Å²) in [6.45, 7) is 2.93. The second kappa shape index (κ2) is 12.2. The van der Waals surface area contributed by atoms with E-state index >= 15 is 0 Å². The molecule has 0 radical (unpaired) electrons. The third kappa shape index (κ3) is 49.6. The van der Waals surface area contributed by atoms with Crippen LogP contribution in [0.1, 0.15) is 20.3 Å². The zero-order valence-electron chi connectivity index (χ0n) is 9.77. The summed E-state index contributed by atoms with van der Waals surface area (Å²) in [5, 5.41) is 15.8. The molecule has 0 aromatic heterocycles. The van der Waals surface area contributed by atoms with Crippen LogP contribution in [0.15, 0.2) is 0 Å². The van der Waals surface area contributed by atoms with Gasteiger partial charge in [-0.1, -0.05) is 0 Å². The van der Waals surface area contributed by atoms with E-state index in [4.69, 9.17) is 19.3 Å². The quantitative estimate of drug-likeness (QED) is 0.490. The summed E-state index contributed by atoms with van der Waals surface area (Å²) in [7, 11) is -7.32. The lowest BCUT2D eigenvalue weighted by Crippen LogP contribution is -1.97. The SMILES string of the molecule is CCS(=O)(=O)O.CCS(=O)(=O)O.OCCCO. The van der Waals surface area contributed by atoms with E-state index in [1.54, 1.807) is 0 Å². The Bertz CT molecular complexity index is 297. The van der Waals surface area contributed by atoms with E-state index in [0.717, 1.165) is 0 Å². The van der Waals surface area contributed by atoms with Gasteiger partial charge >= 0.3 is 0 Å². The molecule has 10 heteroatoms. The van der Waals surface area contributed by atoms with Crippen molar-refractivity contribution in [2.75, 3.05) is 24.7 Å². The van der Waals surface area contributed by atoms with Gasteiger partial charge in [-0.15, -0.1) is 0 Å². The largest absolute Gasteiger partial charge is 0.396 e. The molecule has 0 spiro atoms. The van der Waals surface area contributed by atoms with Crippen molar-refractivity contribution in [3.8, 4) is 0 Å². The molecular weight excluding hydrogens is 276 g/mol. The first-order chi connectivity index (χ1) is 7.54. The smallest absolute Gasteiger partial charge is 0.264 e. The molecule has 0 amide bonds. The summed E-state index contributed by atoms with van der Waals surface area (Å²) in [6.07, 6.45) is 0.500. The highest BCUT2D eigenvalue weighted by Crippen LogP contribution is 1.74. The molecule has 0 aromatic carbocycles. The molecule has 0 aliphatic carbocycles. The van der Waals surface area contributed by atoms with Crippen LogP contribution in [-0.4, -0.2) is 60.9 Å². The maximum atomic E-state index is 9.56. The number of aliphatic hydroxyl groups excluding tert-OH is 2. The average molecular weight is 296 g/mol. The molecule has 8 nitrogen and oxygen atoms in total. The molecular formula is C7H20O8S2. The first-order valence-electron chi connectivity index (χ1n) is 4.66. The Morgan fingerprint density at radius 3 is 0.941 bits per heavy atom. The summed E-state index contributed by atoms with van der Waals surface area (Å²) >= 11 is 0. The van der Waals surface area contributed by atoms with E-state index < -0.39 is 20.2 Å². The van der Waals surface area contributed by atoms with Crippen molar-refractivity contribution >= 4 is 20.2 Å². The van der Waals surface area contributed by atoms with Crippen LogP contribution in [0.2, 0.25) is 0 Å². The first kappa shape index (κ1) is 22.0. The lowest BCUT2D eigenvalue weighted by Gasteiger charge is -1.79. The second-order valence-electron chi connectivity index (χ2n) is 2.54. The summed E-state index contributed by atoms with van der Waals surface area (Å²) in [6, 6.07) is 0. The Morgan fingerprint density at radius 2 is 0.941 bits per heavy atom. The van der Waals surface area contributed by atoms with Crippen LogP contribution in [0.4, 0.5) is 0 Å². The minimum Gasteiger partial charge on any atom is -0.396 e. The van der Waals surface area contributed by atoms with Crippen molar-refractivity contribution in [2.45, 2.75) is 20.3 Å². The van der Waals surface area contributed by atoms with Gasteiger partial charge in [0.05, 0.1) is 11.5 Å². The fourth-order valence-corrected chi connectivity index (χ4v) is 0.0707. The standard InChI is InChI=1S/C3H8O2.2C2H6O3S/c4-2-1-3-5;2*1-2-6(3,4)5/h4-5H,1-3H2;2*2H2,1H3,(H,3,4,5). The van der Waals surface area contributed by atoms with E-state index in [1.165, 1.54) is 13.8 Å². The Morgan fingerprint density at radius 1 is 0.765 bits per heavy atom. The highest BCUT2D eigenvalue weighted by Gasteiger charge is 1.93. The van der Waals surface area contributed by atoms with Crippen LogP contribution in [0.5, 0.6) is 0 Å². The highest BCUT2D eigenvalue weighted by molar-refractivity contribution is 7.85. The Kier molecular flexibility index (Phi) is 15.8. The van der Waals surface area contributed by atoms with Crippen molar-refractivity contribution in [2.24, 2.45) is 0 Å². The van der Waals surface area contributed by atoms with Gasteiger partial charge in [0, 0.05) is 13.2 Å². The molecule has 0 atom stereocenters. The third-order valence-corrected chi connectivity index (χ3v) is 2.51. The zero-order valence-corrected chi connectivity index (χ0v) is 11.4. The van der Waals surface area contributed by atoms with E-state index in [2.05, 4.69) is 0 Å². The molecule has 0 aromatic rings. The van der Waals surface area contributed by atoms with Crippen molar-refractivity contribution in [3.05, 3.63) is 0 Å². The molecule has 17 heavy (non-hydrogen) atoms. The highest BCUT2D eigenvalue weighted by atomic mass is 32.2. The molecule has 0 rings (SSSR count). The molecule has 0 heterocycles. The van der Waals surface area contributed by atoms with Gasteiger partial charge in [0.15, 0.2) is 0 Å². The molecule has 108 valence electrons. The summed E-state index contributed by atoms with van der Waals surface area (Å²) in [5.74, 6) is -0.403. The fraction of sp³-hybridized carbons (Fsp3) is 1.00. The van der Waals surface area contributed by atoms with Crippen molar-refractivity contribution in [1.82, 2.24) is 0 Å². The fourth-order valence-electron chi connectivity index (χ4n) is 0.0707. The molecule has 0 bridgehead atoms. The van der Waals surface area contributed by atoms with Gasteiger partial charge in [-0.2, -0.15) is 16.8 Å². The first-order valence-corrected chi connectivity index (χ1v) is 7.87. The second-order valence-corrected chi connectivity index (χ2v) is 6.02. The molecule has 0 aliphatic heterocycles. The number of rotatable bonds is 4. The summed E-state index contributed by atoms with van der Waals surface area (Å²) < 4.78 is 53.8. The Balaban J connectivity index is -0.000000174. The van der Waals surface area contributed by atoms with Gasteiger partial charge in [-0.05, 0) is 20.3 Å². The lowest BCUT2D eigenvalue weighted by atomic mass is 10.5. The molecule has 0 saturated heterocycles. The maximum absolute atomic E-state index is 9.56. The van der Waals surface area contributed by atoms with Gasteiger partial charge in [0.2, 0.25) is 0 Å². The predicted molar refractivity (Wildman–Crippen MR) is 63.0 cm³/mol. The minimum absolute atomic E-state index is 0.0938. The van der Waals surface area contributed by atoms with Crippen LogP contribution in [-0.2, 0) is 20.2 Å². The van der Waals surface area contributed by atoms with Crippen molar-refractivity contribution in [3.63, 3.8) is 0 Å². The van der Waals surface area contributed by atoms with Gasteiger partial charge in [-0.3, -0.25) is 9.11 Å². The van der Waals surface area contributed by atoms with E-state index in [-0.39, 0.29) is 24.7 Å². The van der Waals surface area contributed by atoms with Crippen LogP contribution >= 0.6 is 0 Å². The predicted octanol–water partition coefficient (Wildman–Crippen LogP) is -0.851. The average Bonchev–Trinajstić information content (AvgIpc) is 2.19. The molecule has 0 aliphatic rings. The topological polar surface area (TPSA) is 149 Å². The molecule has 0 unspecified atom stereocenters. The van der Waals surface area contributed by atoms with Crippen LogP contribution in [0.25, 0.3) is 0 Å². The van der Waals surface area contributed by atoms with Crippen LogP contribution in [0.3, 0.4) is 0 Å². The molecule has 0 saturated carbocycles. The molecule has 0 fully saturated rings. The number of hydrogen-bond acceptors (Lipinski definition) is 6. The Labute approximate surface area is 102 Å². The van der Waals surface area contributed by atoms with Crippen LogP contribution < -0.4 is 0 Å². The monoisotopic (exact) mass is 296 g/mol. The van der Waals surface area contributed by atoms with Gasteiger partial charge < -0.3 is 10.2 Å². The molecule has 4 N–H and O–H groups in total. The lowest BCUT2D eigenvalue weighted by molar-refractivity contribution is 0.221. The Hall–Kier alpha value is -0.260. The normalized spacial score (nSPS) is 10.7. The number of hydrogen-bond donors (Lipinski definition) is 4. The van der Waals surface area contributed by atoms with Gasteiger partial charge in [0.25, 0.3) is 20.2 Å². The van der Waals surface area contributed by atoms with Gasteiger partial charge in [0.1, 0.15) is 0 Å². The third-order valence-electron chi connectivity index (χ3n) is 1.05. The van der Waals surface area contributed by atoms with E-state index in [9.17, 15) is 16.8 Å². The maximum Gasteiger partial charge on any atom is 0.264 e. The minimum atomic E-state index is -3.66. The van der Waals surface area contributed by atoms with E-state index in [0.29, 0.717) is 6.42 Å². The zero-order chi connectivity index (χ0) is 14.5. The van der Waals surface area contributed by atoms with Crippen molar-refractivity contribution < 1.29 is 36.2 Å². The summed E-state index contributed by atoms with van der Waals surface area (Å²) in [5.41, 5.74) is 0. The van der Waals surface area contributed by atoms with Crippen molar-refractivity contribution in [1.29, 1.82) is 0 Å². The number of aliphatic hydroxyl groups is 2.